The highest BCUT2D eigenvalue weighted by Crippen LogP contribution is 2.44. The Morgan fingerprint density at radius 3 is 2.76 bits per heavy atom. The molecule has 1 N–H and O–H groups in total. The molecule has 0 unspecified atom stereocenters. The zero-order valence-corrected chi connectivity index (χ0v) is 18.3. The molecule has 2 aromatic heterocycles. The lowest BCUT2D eigenvalue weighted by Gasteiger charge is -2.33. The first-order valence-electron chi connectivity index (χ1n) is 9.24. The van der Waals surface area contributed by atoms with Crippen LogP contribution in [0.15, 0.2) is 0 Å². The summed E-state index contributed by atoms with van der Waals surface area (Å²) in [6, 6.07) is 2.23. The van der Waals surface area contributed by atoms with Crippen molar-refractivity contribution in [3.8, 4) is 6.07 Å². The van der Waals surface area contributed by atoms with Crippen molar-refractivity contribution in [1.29, 1.82) is 5.26 Å². The van der Waals surface area contributed by atoms with Crippen LogP contribution < -0.4 is 5.32 Å². The van der Waals surface area contributed by atoms with Gasteiger partial charge in [-0.2, -0.15) is 9.94 Å². The molecule has 3 rings (SSSR count). The van der Waals surface area contributed by atoms with E-state index in [0.29, 0.717) is 22.2 Å². The number of hydrogen-bond donors (Lipinski definition) is 1. The van der Waals surface area contributed by atoms with Crippen molar-refractivity contribution in [3.63, 3.8) is 0 Å². The minimum atomic E-state index is -0.684. The van der Waals surface area contributed by atoms with Crippen molar-refractivity contribution in [3.05, 3.63) is 36.8 Å². The average Bonchev–Trinajstić information content (AvgIpc) is 3.11. The Morgan fingerprint density at radius 1 is 1.52 bits per heavy atom. The molecule has 1 amide bonds. The van der Waals surface area contributed by atoms with Crippen LogP contribution in [0.1, 0.15) is 48.9 Å². The maximum absolute atomic E-state index is 12.5. The van der Waals surface area contributed by atoms with E-state index in [1.807, 2.05) is 0 Å². The normalized spacial score (nSPS) is 16.2. The van der Waals surface area contributed by atoms with Gasteiger partial charge in [0.15, 0.2) is 5.02 Å². The van der Waals surface area contributed by atoms with E-state index in [4.69, 9.17) is 11.6 Å². The SMILES string of the molecule is Cc1c(Cl)c([N+](=O)[O-])nn1CC(=O)Nc1sc2c(c1C#N)CC[C@@H](C(C)(C)C)C2. The Bertz CT molecular complexity index is 1030. The van der Waals surface area contributed by atoms with Gasteiger partial charge in [-0.25, -0.2) is 0 Å². The van der Waals surface area contributed by atoms with Crippen molar-refractivity contribution < 1.29 is 9.72 Å². The van der Waals surface area contributed by atoms with Crippen LogP contribution >= 0.6 is 22.9 Å². The number of amides is 1. The highest BCUT2D eigenvalue weighted by molar-refractivity contribution is 7.16. The fraction of sp³-hybridized carbons (Fsp3) is 0.526. The largest absolute Gasteiger partial charge is 0.408 e. The second-order valence-electron chi connectivity index (χ2n) is 8.31. The van der Waals surface area contributed by atoms with Gasteiger partial charge in [0.05, 0.1) is 16.4 Å². The van der Waals surface area contributed by atoms with Gasteiger partial charge in [0.2, 0.25) is 5.91 Å². The minimum Gasteiger partial charge on any atom is -0.358 e. The van der Waals surface area contributed by atoms with Gasteiger partial charge in [-0.05, 0) is 48.0 Å². The van der Waals surface area contributed by atoms with E-state index < -0.39 is 16.6 Å². The Morgan fingerprint density at radius 2 is 2.21 bits per heavy atom. The number of nitriles is 1. The van der Waals surface area contributed by atoms with Crippen molar-refractivity contribution in [2.45, 2.75) is 53.5 Å². The van der Waals surface area contributed by atoms with Gasteiger partial charge in [0.25, 0.3) is 0 Å². The second kappa shape index (κ2) is 7.76. The van der Waals surface area contributed by atoms with E-state index in [2.05, 4.69) is 37.3 Å². The van der Waals surface area contributed by atoms with Gasteiger partial charge in [-0.15, -0.1) is 11.3 Å². The minimum absolute atomic E-state index is 0.0830. The molecule has 154 valence electrons. The smallest absolute Gasteiger partial charge is 0.358 e. The summed E-state index contributed by atoms with van der Waals surface area (Å²) in [6.45, 7) is 8.01. The van der Waals surface area contributed by atoms with Crippen molar-refractivity contribution >= 4 is 39.7 Å². The third-order valence-electron chi connectivity index (χ3n) is 5.44. The summed E-state index contributed by atoms with van der Waals surface area (Å²) in [5.41, 5.74) is 2.07. The average molecular weight is 436 g/mol. The molecule has 0 saturated heterocycles. The quantitative estimate of drug-likeness (QED) is 0.561. The van der Waals surface area contributed by atoms with Gasteiger partial charge in [0.1, 0.15) is 17.6 Å². The monoisotopic (exact) mass is 435 g/mol. The first kappa shape index (κ1) is 21.3. The van der Waals surface area contributed by atoms with Gasteiger partial charge in [-0.3, -0.25) is 4.79 Å². The number of aromatic nitrogens is 2. The molecule has 29 heavy (non-hydrogen) atoms. The Hall–Kier alpha value is -2.44. The lowest BCUT2D eigenvalue weighted by molar-refractivity contribution is -0.389. The highest BCUT2D eigenvalue weighted by atomic mass is 35.5. The first-order chi connectivity index (χ1) is 13.5. The standard InChI is InChI=1S/C19H22ClN5O3S/c1-10-16(20)17(25(27)28)23-24(10)9-15(26)22-18-13(8-21)12-6-5-11(19(2,3)4)7-14(12)29-18/h11H,5-7,9H2,1-4H3,(H,22,26)/t11-/m1/s1. The molecule has 10 heteroatoms. The van der Waals surface area contributed by atoms with Crippen LogP contribution in [0.5, 0.6) is 0 Å². The van der Waals surface area contributed by atoms with Crippen LogP contribution in [0.2, 0.25) is 5.02 Å². The number of hydrogen-bond acceptors (Lipinski definition) is 6. The topological polar surface area (TPSA) is 114 Å². The van der Waals surface area contributed by atoms with E-state index >= 15 is 0 Å². The summed E-state index contributed by atoms with van der Waals surface area (Å²) in [7, 11) is 0. The lowest BCUT2D eigenvalue weighted by Crippen LogP contribution is -2.26. The summed E-state index contributed by atoms with van der Waals surface area (Å²) >= 11 is 7.37. The van der Waals surface area contributed by atoms with Crippen molar-refractivity contribution in [1.82, 2.24) is 9.78 Å². The number of nitrogens with one attached hydrogen (secondary N) is 1. The molecule has 1 aliphatic rings. The van der Waals surface area contributed by atoms with Crippen LogP contribution in [0, 0.1) is 39.7 Å². The predicted octanol–water partition coefficient (Wildman–Crippen LogP) is 4.48. The number of rotatable bonds is 4. The molecular formula is C19H22ClN5O3S. The molecule has 0 aliphatic heterocycles. The van der Waals surface area contributed by atoms with Crippen molar-refractivity contribution in [2.75, 3.05) is 5.32 Å². The summed E-state index contributed by atoms with van der Waals surface area (Å²) in [5.74, 6) is -0.364. The Kier molecular flexibility index (Phi) is 5.70. The van der Waals surface area contributed by atoms with Gasteiger partial charge in [-0.1, -0.05) is 32.4 Å². The number of nitrogens with zero attached hydrogens (tertiary/aromatic N) is 4. The van der Waals surface area contributed by atoms with Crippen LogP contribution in [-0.2, 0) is 24.2 Å². The molecular weight excluding hydrogens is 414 g/mol. The highest BCUT2D eigenvalue weighted by Gasteiger charge is 2.32. The fourth-order valence-corrected chi connectivity index (χ4v) is 5.11. The molecule has 0 radical (unpaired) electrons. The van der Waals surface area contributed by atoms with Gasteiger partial charge < -0.3 is 15.4 Å². The number of anilines is 1. The maximum Gasteiger partial charge on any atom is 0.408 e. The molecule has 0 fully saturated rings. The van der Waals surface area contributed by atoms with E-state index in [-0.39, 0.29) is 17.0 Å². The summed E-state index contributed by atoms with van der Waals surface area (Å²) < 4.78 is 1.20. The van der Waals surface area contributed by atoms with Crippen molar-refractivity contribution in [2.24, 2.45) is 11.3 Å². The third kappa shape index (κ3) is 4.14. The molecule has 1 atom stereocenters. The van der Waals surface area contributed by atoms with Gasteiger partial charge in [0, 0.05) is 4.88 Å². The molecule has 1 aliphatic carbocycles. The summed E-state index contributed by atoms with van der Waals surface area (Å²) in [5, 5.41) is 27.6. The molecule has 8 nitrogen and oxygen atoms in total. The van der Waals surface area contributed by atoms with E-state index in [1.54, 1.807) is 6.92 Å². The van der Waals surface area contributed by atoms with Crippen LogP contribution in [0.25, 0.3) is 0 Å². The maximum atomic E-state index is 12.5. The molecule has 0 spiro atoms. The fourth-order valence-electron chi connectivity index (χ4n) is 3.61. The summed E-state index contributed by atoms with van der Waals surface area (Å²) in [6.07, 6.45) is 2.74. The van der Waals surface area contributed by atoms with E-state index in [0.717, 1.165) is 29.7 Å². The summed E-state index contributed by atoms with van der Waals surface area (Å²) in [4.78, 5) is 24.0. The molecule has 0 saturated carbocycles. The predicted molar refractivity (Wildman–Crippen MR) is 111 cm³/mol. The first-order valence-corrected chi connectivity index (χ1v) is 10.4. The van der Waals surface area contributed by atoms with E-state index in [1.165, 1.54) is 16.0 Å². The van der Waals surface area contributed by atoms with Gasteiger partial charge >= 0.3 is 5.82 Å². The molecule has 2 aromatic rings. The number of thiophene rings is 1. The molecule has 2 heterocycles. The number of carbonyl (C=O) groups is 1. The van der Waals surface area contributed by atoms with Crippen LogP contribution in [-0.4, -0.2) is 20.6 Å². The number of carbonyl (C=O) groups excluding carboxylic acids is 1. The number of fused-ring (bicyclic) bond motifs is 1. The zero-order chi connectivity index (χ0) is 21.5. The second-order valence-corrected chi connectivity index (χ2v) is 9.79. The van der Waals surface area contributed by atoms with E-state index in [9.17, 15) is 20.2 Å². The Balaban J connectivity index is 1.80. The number of halogens is 1. The van der Waals surface area contributed by atoms with Crippen LogP contribution in [0.3, 0.4) is 0 Å². The third-order valence-corrected chi connectivity index (χ3v) is 7.05. The van der Waals surface area contributed by atoms with Crippen LogP contribution in [0.4, 0.5) is 10.8 Å². The molecule has 0 bridgehead atoms. The lowest BCUT2D eigenvalue weighted by atomic mass is 9.72. The number of nitro groups is 1. The Labute approximate surface area is 177 Å². The zero-order valence-electron chi connectivity index (χ0n) is 16.7. The molecule has 0 aromatic carbocycles.